The van der Waals surface area contributed by atoms with Gasteiger partial charge in [0.05, 0.1) is 12.2 Å². The quantitative estimate of drug-likeness (QED) is 0.123. The maximum atomic E-state index is 11.9. The lowest BCUT2D eigenvalue weighted by molar-refractivity contribution is -0.139. The van der Waals surface area contributed by atoms with E-state index in [1.165, 1.54) is 57.6 Å². The van der Waals surface area contributed by atoms with Crippen molar-refractivity contribution in [1.82, 2.24) is 0 Å². The average molecular weight is 381 g/mol. The molecule has 4 heteroatoms. The van der Waals surface area contributed by atoms with E-state index in [9.17, 15) is 9.59 Å². The molecule has 27 heavy (non-hydrogen) atoms. The van der Waals surface area contributed by atoms with E-state index in [0.29, 0.717) is 24.2 Å². The molecule has 4 nitrogen and oxygen atoms in total. The van der Waals surface area contributed by atoms with Crippen molar-refractivity contribution >= 4 is 11.9 Å². The molecule has 0 aliphatic heterocycles. The lowest BCUT2D eigenvalue weighted by atomic mass is 10.1. The molecule has 0 radical (unpaired) electrons. The van der Waals surface area contributed by atoms with Gasteiger partial charge < -0.3 is 9.47 Å². The van der Waals surface area contributed by atoms with Crippen LogP contribution in [-0.4, -0.2) is 18.5 Å². The van der Waals surface area contributed by atoms with E-state index in [4.69, 9.17) is 9.47 Å². The number of esters is 2. The number of carbonyl (C=O) groups is 2. The highest BCUT2D eigenvalue weighted by molar-refractivity contribution is 5.90. The van der Waals surface area contributed by atoms with Crippen LogP contribution in [0.4, 0.5) is 0 Å². The topological polar surface area (TPSA) is 52.6 Å². The fraction of sp³-hybridized carbons (Fsp3) is 0.739. The van der Waals surface area contributed by atoms with Gasteiger partial charge in [-0.1, -0.05) is 84.6 Å². The molecule has 0 aromatic heterocycles. The molecule has 0 saturated heterocycles. The fourth-order valence-electron chi connectivity index (χ4n) is 2.66. The van der Waals surface area contributed by atoms with Crippen LogP contribution in [-0.2, 0) is 19.1 Å². The van der Waals surface area contributed by atoms with Crippen molar-refractivity contribution in [2.24, 2.45) is 0 Å². The van der Waals surface area contributed by atoms with Crippen molar-refractivity contribution in [3.8, 4) is 0 Å². The van der Waals surface area contributed by atoms with Crippen molar-refractivity contribution in [2.45, 2.75) is 104 Å². The molecule has 0 N–H and O–H groups in total. The summed E-state index contributed by atoms with van der Waals surface area (Å²) in [5, 5.41) is 0. The normalized spacial score (nSPS) is 11.3. The number of hydrogen-bond donors (Lipinski definition) is 0. The average Bonchev–Trinajstić information content (AvgIpc) is 2.67. The van der Waals surface area contributed by atoms with Gasteiger partial charge in [0.2, 0.25) is 0 Å². The number of rotatable bonds is 17. The minimum absolute atomic E-state index is 0.293. The molecule has 0 heterocycles. The van der Waals surface area contributed by atoms with Gasteiger partial charge in [0.1, 0.15) is 6.26 Å². The largest absolute Gasteiger partial charge is 0.462 e. The fourth-order valence-corrected chi connectivity index (χ4v) is 2.66. The highest BCUT2D eigenvalue weighted by Gasteiger charge is 2.10. The molecule has 0 atom stereocenters. The maximum Gasteiger partial charge on any atom is 0.338 e. The first-order valence-electron chi connectivity index (χ1n) is 10.8. The van der Waals surface area contributed by atoms with Crippen LogP contribution in [0.5, 0.6) is 0 Å². The minimum atomic E-state index is -0.466. The molecule has 0 saturated carbocycles. The van der Waals surface area contributed by atoms with Gasteiger partial charge in [-0.25, -0.2) is 9.59 Å². The molecule has 0 aromatic carbocycles. The lowest BCUT2D eigenvalue weighted by Crippen LogP contribution is -2.09. The van der Waals surface area contributed by atoms with Crippen molar-refractivity contribution in [3.05, 3.63) is 24.0 Å². The minimum Gasteiger partial charge on any atom is -0.462 e. The summed E-state index contributed by atoms with van der Waals surface area (Å²) in [6.45, 7) is 10.2. The molecule has 156 valence electrons. The van der Waals surface area contributed by atoms with Crippen molar-refractivity contribution < 1.29 is 19.1 Å². The van der Waals surface area contributed by atoms with E-state index in [-0.39, 0.29) is 0 Å². The van der Waals surface area contributed by atoms with Crippen LogP contribution in [0.25, 0.3) is 0 Å². The zero-order valence-corrected chi connectivity index (χ0v) is 17.8. The van der Waals surface area contributed by atoms with Crippen molar-refractivity contribution in [2.75, 3.05) is 6.61 Å². The van der Waals surface area contributed by atoms with E-state index in [1.807, 2.05) is 0 Å². The molecule has 0 fully saturated rings. The van der Waals surface area contributed by atoms with Gasteiger partial charge >= 0.3 is 11.9 Å². The summed E-state index contributed by atoms with van der Waals surface area (Å²) < 4.78 is 10.2. The Bertz CT molecular complexity index is 451. The van der Waals surface area contributed by atoms with Crippen LogP contribution >= 0.6 is 0 Å². The molecule has 0 amide bonds. The Labute approximate surface area is 166 Å². The highest BCUT2D eigenvalue weighted by Crippen LogP contribution is 2.12. The van der Waals surface area contributed by atoms with Gasteiger partial charge in [-0.15, -0.1) is 0 Å². The summed E-state index contributed by atoms with van der Waals surface area (Å²) >= 11 is 0. The first kappa shape index (κ1) is 25.4. The van der Waals surface area contributed by atoms with Crippen LogP contribution in [0.1, 0.15) is 104 Å². The Hall–Kier alpha value is -1.58. The van der Waals surface area contributed by atoms with Crippen LogP contribution in [0.3, 0.4) is 0 Å². The zero-order valence-electron chi connectivity index (χ0n) is 17.8. The summed E-state index contributed by atoms with van der Waals surface area (Å²) in [5.74, 6) is -0.899. The zero-order chi connectivity index (χ0) is 20.3. The molecule has 0 aliphatic rings. The van der Waals surface area contributed by atoms with Gasteiger partial charge in [0, 0.05) is 5.57 Å². The predicted molar refractivity (Wildman–Crippen MR) is 111 cm³/mol. The van der Waals surface area contributed by atoms with E-state index in [1.54, 1.807) is 6.92 Å². The molecule has 0 rings (SSSR count). The first-order chi connectivity index (χ1) is 13.0. The number of unbranched alkanes of at least 4 members (excludes halogenated alkanes) is 10. The lowest BCUT2D eigenvalue weighted by Gasteiger charge is -2.06. The Morgan fingerprint density at radius 3 is 1.89 bits per heavy atom. The summed E-state index contributed by atoms with van der Waals surface area (Å²) in [6, 6.07) is 0. The molecular formula is C23H40O4. The second-order valence-corrected chi connectivity index (χ2v) is 7.23. The molecule has 0 bridgehead atoms. The van der Waals surface area contributed by atoms with Crippen molar-refractivity contribution in [1.29, 1.82) is 0 Å². The molecule has 0 aliphatic carbocycles. The highest BCUT2D eigenvalue weighted by atomic mass is 16.5. The van der Waals surface area contributed by atoms with Crippen LogP contribution in [0.15, 0.2) is 24.0 Å². The summed E-state index contributed by atoms with van der Waals surface area (Å²) in [6.07, 6.45) is 15.6. The van der Waals surface area contributed by atoms with Gasteiger partial charge in [0.25, 0.3) is 0 Å². The smallest absolute Gasteiger partial charge is 0.338 e. The van der Waals surface area contributed by atoms with Crippen molar-refractivity contribution in [3.63, 3.8) is 0 Å². The van der Waals surface area contributed by atoms with E-state index < -0.39 is 11.9 Å². The van der Waals surface area contributed by atoms with E-state index in [2.05, 4.69) is 20.4 Å². The first-order valence-corrected chi connectivity index (χ1v) is 10.8. The molecule has 0 aromatic rings. The third-order valence-electron chi connectivity index (χ3n) is 4.52. The predicted octanol–water partition coefficient (Wildman–Crippen LogP) is 6.64. The second kappa shape index (κ2) is 17.8. The van der Waals surface area contributed by atoms with Crippen LogP contribution < -0.4 is 0 Å². The Morgan fingerprint density at radius 2 is 1.30 bits per heavy atom. The van der Waals surface area contributed by atoms with Gasteiger partial charge in [0.15, 0.2) is 0 Å². The molecule has 0 spiro atoms. The van der Waals surface area contributed by atoms with E-state index in [0.717, 1.165) is 25.7 Å². The standard InChI is InChI=1S/C23H40O4/c1-5-7-9-11-13-15-17-20(3)22(24)27-19-21(4)23(25)26-18-16-14-12-10-8-6-2/h19H,3,5-18H2,1-2,4H3. The Kier molecular flexibility index (Phi) is 16.8. The van der Waals surface area contributed by atoms with E-state index >= 15 is 0 Å². The van der Waals surface area contributed by atoms with Gasteiger partial charge in [-0.2, -0.15) is 0 Å². The molecular weight excluding hydrogens is 340 g/mol. The van der Waals surface area contributed by atoms with Crippen LogP contribution in [0.2, 0.25) is 0 Å². The summed E-state index contributed by atoms with van der Waals surface area (Å²) in [4.78, 5) is 23.8. The number of hydrogen-bond acceptors (Lipinski definition) is 4. The van der Waals surface area contributed by atoms with Gasteiger partial charge in [-0.05, 0) is 26.2 Å². The monoisotopic (exact) mass is 380 g/mol. The van der Waals surface area contributed by atoms with Crippen LogP contribution in [0, 0.1) is 0 Å². The number of ether oxygens (including phenoxy) is 2. The summed E-state index contributed by atoms with van der Waals surface area (Å²) in [7, 11) is 0. The Balaban J connectivity index is 3.87. The maximum absolute atomic E-state index is 11.9. The second-order valence-electron chi connectivity index (χ2n) is 7.23. The summed E-state index contributed by atoms with van der Waals surface area (Å²) in [5.41, 5.74) is 0.747. The third-order valence-corrected chi connectivity index (χ3v) is 4.52. The third kappa shape index (κ3) is 15.2. The Morgan fingerprint density at radius 1 is 0.778 bits per heavy atom. The number of carbonyl (C=O) groups excluding carboxylic acids is 2. The SMILES string of the molecule is C=C(CCCCCCCC)C(=O)OC=C(C)C(=O)OCCCCCCCC. The molecule has 0 unspecified atom stereocenters. The van der Waals surface area contributed by atoms with Gasteiger partial charge in [-0.3, -0.25) is 0 Å².